The maximum Gasteiger partial charge on any atom is 0.250 e. The molecule has 0 atom stereocenters. The van der Waals surface area contributed by atoms with E-state index in [1.807, 2.05) is 0 Å². The van der Waals surface area contributed by atoms with Gasteiger partial charge in [-0.25, -0.2) is 0 Å². The van der Waals surface area contributed by atoms with E-state index in [9.17, 15) is 4.79 Å². The molecule has 0 bridgehead atoms. The Labute approximate surface area is 86.0 Å². The fraction of sp³-hybridized carbons (Fsp3) is 0. The van der Waals surface area contributed by atoms with E-state index in [-0.39, 0.29) is 0 Å². The average Bonchev–Trinajstić information content (AvgIpc) is 2.30. The van der Waals surface area contributed by atoms with E-state index < -0.39 is 5.91 Å². The number of hydrogen-bond donors (Lipinski definition) is 1. The first kappa shape index (κ1) is 9.26. The molecule has 0 aromatic carbocycles. The summed E-state index contributed by atoms with van der Waals surface area (Å²) in [6.07, 6.45) is 7.78. The largest absolute Gasteiger partial charge is 0.366 e. The van der Waals surface area contributed by atoms with Crippen molar-refractivity contribution in [1.29, 1.82) is 0 Å². The van der Waals surface area contributed by atoms with Crippen LogP contribution in [0, 0.1) is 0 Å². The lowest BCUT2D eigenvalue weighted by Gasteiger charge is -2.00. The SMILES string of the molecule is NC(=O)c1cncc(-c2cnccn2)c1. The van der Waals surface area contributed by atoms with Gasteiger partial charge in [-0.15, -0.1) is 0 Å². The molecule has 2 aromatic rings. The quantitative estimate of drug-likeness (QED) is 0.771. The van der Waals surface area contributed by atoms with Crippen molar-refractivity contribution in [1.82, 2.24) is 15.0 Å². The molecule has 0 aliphatic carbocycles. The highest BCUT2D eigenvalue weighted by Crippen LogP contribution is 2.14. The highest BCUT2D eigenvalue weighted by Gasteiger charge is 2.04. The highest BCUT2D eigenvalue weighted by atomic mass is 16.1. The molecular weight excluding hydrogens is 192 g/mol. The summed E-state index contributed by atoms with van der Waals surface area (Å²) in [5, 5.41) is 0. The Hall–Kier alpha value is -2.30. The van der Waals surface area contributed by atoms with Crippen molar-refractivity contribution in [2.24, 2.45) is 5.73 Å². The Bertz CT molecular complexity index is 484. The van der Waals surface area contributed by atoms with Crippen LogP contribution < -0.4 is 5.73 Å². The summed E-state index contributed by atoms with van der Waals surface area (Å²) in [5.41, 5.74) is 6.89. The van der Waals surface area contributed by atoms with Crippen LogP contribution >= 0.6 is 0 Å². The summed E-state index contributed by atoms with van der Waals surface area (Å²) >= 11 is 0. The molecule has 1 amide bonds. The van der Waals surface area contributed by atoms with Crippen LogP contribution in [0.3, 0.4) is 0 Å². The molecule has 2 N–H and O–H groups in total. The van der Waals surface area contributed by atoms with E-state index >= 15 is 0 Å². The average molecular weight is 200 g/mol. The molecule has 74 valence electrons. The fourth-order valence-electron chi connectivity index (χ4n) is 1.16. The minimum absolute atomic E-state index is 0.359. The number of pyridine rings is 1. The van der Waals surface area contributed by atoms with Crippen LogP contribution in [-0.2, 0) is 0 Å². The second-order valence-electron chi connectivity index (χ2n) is 2.92. The monoisotopic (exact) mass is 200 g/mol. The van der Waals surface area contributed by atoms with E-state index in [2.05, 4.69) is 15.0 Å². The maximum absolute atomic E-state index is 10.9. The molecule has 2 aromatic heterocycles. The third-order valence-corrected chi connectivity index (χ3v) is 1.88. The smallest absolute Gasteiger partial charge is 0.250 e. The summed E-state index contributed by atoms with van der Waals surface area (Å²) in [4.78, 5) is 22.9. The van der Waals surface area contributed by atoms with E-state index in [0.29, 0.717) is 11.3 Å². The van der Waals surface area contributed by atoms with Gasteiger partial charge in [0.1, 0.15) is 0 Å². The zero-order valence-corrected chi connectivity index (χ0v) is 7.79. The Kier molecular flexibility index (Phi) is 2.37. The van der Waals surface area contributed by atoms with Gasteiger partial charge in [-0.3, -0.25) is 19.7 Å². The normalized spacial score (nSPS) is 9.87. The first-order valence-electron chi connectivity index (χ1n) is 4.28. The van der Waals surface area contributed by atoms with Gasteiger partial charge in [0.15, 0.2) is 0 Å². The van der Waals surface area contributed by atoms with Crippen LogP contribution in [0.4, 0.5) is 0 Å². The number of nitrogens with two attached hydrogens (primary N) is 1. The molecule has 2 rings (SSSR count). The lowest BCUT2D eigenvalue weighted by molar-refractivity contribution is 0.1000. The Morgan fingerprint density at radius 1 is 1.13 bits per heavy atom. The first-order valence-corrected chi connectivity index (χ1v) is 4.28. The van der Waals surface area contributed by atoms with Crippen LogP contribution in [0.2, 0.25) is 0 Å². The second-order valence-corrected chi connectivity index (χ2v) is 2.92. The van der Waals surface area contributed by atoms with Gasteiger partial charge in [0.2, 0.25) is 5.91 Å². The van der Waals surface area contributed by atoms with Crippen molar-refractivity contribution in [2.75, 3.05) is 0 Å². The van der Waals surface area contributed by atoms with Crippen molar-refractivity contribution >= 4 is 5.91 Å². The highest BCUT2D eigenvalue weighted by molar-refractivity contribution is 5.93. The molecule has 0 aliphatic rings. The number of primary amides is 1. The van der Waals surface area contributed by atoms with E-state index in [4.69, 9.17) is 5.73 Å². The lowest BCUT2D eigenvalue weighted by atomic mass is 10.1. The standard InChI is InChI=1S/C10H8N4O/c11-10(15)8-3-7(4-13-5-8)9-6-12-1-2-14-9/h1-6H,(H2,11,15). The number of carbonyl (C=O) groups excluding carboxylic acids is 1. The Morgan fingerprint density at radius 3 is 2.67 bits per heavy atom. The van der Waals surface area contributed by atoms with Gasteiger partial charge in [0.25, 0.3) is 0 Å². The van der Waals surface area contributed by atoms with Gasteiger partial charge in [0, 0.05) is 30.4 Å². The van der Waals surface area contributed by atoms with Gasteiger partial charge in [0.05, 0.1) is 17.5 Å². The summed E-state index contributed by atoms with van der Waals surface area (Å²) in [6, 6.07) is 1.64. The molecule has 0 saturated carbocycles. The van der Waals surface area contributed by atoms with Crippen LogP contribution in [0.5, 0.6) is 0 Å². The molecule has 5 heteroatoms. The van der Waals surface area contributed by atoms with E-state index in [1.54, 1.807) is 30.9 Å². The molecule has 0 spiro atoms. The predicted molar refractivity (Wildman–Crippen MR) is 53.8 cm³/mol. The van der Waals surface area contributed by atoms with Gasteiger partial charge >= 0.3 is 0 Å². The molecular formula is C10H8N4O. The minimum atomic E-state index is -0.506. The zero-order chi connectivity index (χ0) is 10.7. The predicted octanol–water partition coefficient (Wildman–Crippen LogP) is 0.637. The molecule has 2 heterocycles. The van der Waals surface area contributed by atoms with Crippen LogP contribution in [0.15, 0.2) is 37.1 Å². The molecule has 0 unspecified atom stereocenters. The van der Waals surface area contributed by atoms with Crippen LogP contribution in [-0.4, -0.2) is 20.9 Å². The number of amides is 1. The van der Waals surface area contributed by atoms with Crippen molar-refractivity contribution in [2.45, 2.75) is 0 Å². The Morgan fingerprint density at radius 2 is 2.00 bits per heavy atom. The number of carbonyl (C=O) groups is 1. The van der Waals surface area contributed by atoms with Crippen molar-refractivity contribution in [3.05, 3.63) is 42.6 Å². The summed E-state index contributed by atoms with van der Waals surface area (Å²) in [6.45, 7) is 0. The van der Waals surface area contributed by atoms with Crippen molar-refractivity contribution in [3.8, 4) is 11.3 Å². The zero-order valence-electron chi connectivity index (χ0n) is 7.79. The Balaban J connectivity index is 2.46. The summed E-state index contributed by atoms with van der Waals surface area (Å²) < 4.78 is 0. The van der Waals surface area contributed by atoms with E-state index in [0.717, 1.165) is 5.56 Å². The summed E-state index contributed by atoms with van der Waals surface area (Å²) in [7, 11) is 0. The van der Waals surface area contributed by atoms with Gasteiger partial charge in [-0.2, -0.15) is 0 Å². The molecule has 0 saturated heterocycles. The second kappa shape index (κ2) is 3.83. The minimum Gasteiger partial charge on any atom is -0.366 e. The lowest BCUT2D eigenvalue weighted by Crippen LogP contribution is -2.11. The van der Waals surface area contributed by atoms with Crippen LogP contribution in [0.25, 0.3) is 11.3 Å². The van der Waals surface area contributed by atoms with Crippen molar-refractivity contribution < 1.29 is 4.79 Å². The topological polar surface area (TPSA) is 81.8 Å². The molecule has 15 heavy (non-hydrogen) atoms. The van der Waals surface area contributed by atoms with Crippen LogP contribution in [0.1, 0.15) is 10.4 Å². The number of aromatic nitrogens is 3. The van der Waals surface area contributed by atoms with Gasteiger partial charge in [-0.1, -0.05) is 0 Å². The number of nitrogens with zero attached hydrogens (tertiary/aromatic N) is 3. The number of hydrogen-bond acceptors (Lipinski definition) is 4. The third-order valence-electron chi connectivity index (χ3n) is 1.88. The molecule has 0 radical (unpaired) electrons. The maximum atomic E-state index is 10.9. The molecule has 5 nitrogen and oxygen atoms in total. The van der Waals surface area contributed by atoms with Gasteiger partial charge < -0.3 is 5.73 Å². The van der Waals surface area contributed by atoms with Gasteiger partial charge in [-0.05, 0) is 6.07 Å². The molecule has 0 fully saturated rings. The fourth-order valence-corrected chi connectivity index (χ4v) is 1.16. The number of rotatable bonds is 2. The first-order chi connectivity index (χ1) is 7.27. The summed E-state index contributed by atoms with van der Waals surface area (Å²) in [5.74, 6) is -0.506. The van der Waals surface area contributed by atoms with E-state index in [1.165, 1.54) is 6.20 Å². The third kappa shape index (κ3) is 1.96. The van der Waals surface area contributed by atoms with Crippen molar-refractivity contribution in [3.63, 3.8) is 0 Å². The molecule has 0 aliphatic heterocycles.